The van der Waals surface area contributed by atoms with E-state index in [1.54, 1.807) is 12.3 Å². The Morgan fingerprint density at radius 2 is 1.90 bits per heavy atom. The van der Waals surface area contributed by atoms with Crippen molar-refractivity contribution in [1.82, 2.24) is 10.3 Å². The zero-order chi connectivity index (χ0) is 15.6. The Bertz CT molecular complexity index is 471. The topological polar surface area (TPSA) is 28.2 Å². The highest BCUT2D eigenvalue weighted by Gasteiger charge is 2.28. The van der Waals surface area contributed by atoms with Crippen LogP contribution < -0.4 is 10.2 Å². The molecule has 1 fully saturated rings. The van der Waals surface area contributed by atoms with Crippen molar-refractivity contribution in [2.24, 2.45) is 0 Å². The van der Waals surface area contributed by atoms with Crippen molar-refractivity contribution in [2.75, 3.05) is 4.90 Å². The molecule has 2 heterocycles. The molecule has 118 valence electrons. The normalized spacial score (nSPS) is 23.4. The van der Waals surface area contributed by atoms with Crippen LogP contribution in [0.1, 0.15) is 59.4 Å². The molecule has 0 saturated carbocycles. The summed E-state index contributed by atoms with van der Waals surface area (Å²) in [6.07, 6.45) is 5.16. The van der Waals surface area contributed by atoms with E-state index in [2.05, 4.69) is 49.8 Å². The van der Waals surface area contributed by atoms with Crippen LogP contribution in [0.5, 0.6) is 0 Å². The Balaban J connectivity index is 2.24. The van der Waals surface area contributed by atoms with Gasteiger partial charge in [0.2, 0.25) is 0 Å². The van der Waals surface area contributed by atoms with Crippen LogP contribution >= 0.6 is 0 Å². The third-order valence-corrected chi connectivity index (χ3v) is 4.20. The Kier molecular flexibility index (Phi) is 4.87. The van der Waals surface area contributed by atoms with Crippen LogP contribution in [0.2, 0.25) is 0 Å². The van der Waals surface area contributed by atoms with Crippen molar-refractivity contribution in [2.45, 2.75) is 78.0 Å². The molecular formula is C17H28FN3. The van der Waals surface area contributed by atoms with E-state index in [-0.39, 0.29) is 11.4 Å². The molecule has 1 N–H and O–H groups in total. The van der Waals surface area contributed by atoms with Crippen LogP contribution in [-0.4, -0.2) is 22.6 Å². The van der Waals surface area contributed by atoms with E-state index in [0.29, 0.717) is 30.0 Å². The molecular weight excluding hydrogens is 265 g/mol. The number of hydrogen-bond donors (Lipinski definition) is 1. The van der Waals surface area contributed by atoms with Crippen molar-refractivity contribution >= 4 is 5.82 Å². The maximum absolute atomic E-state index is 14.8. The molecule has 0 aliphatic carbocycles. The predicted octanol–water partition coefficient (Wildman–Crippen LogP) is 3.88. The van der Waals surface area contributed by atoms with Gasteiger partial charge in [-0.1, -0.05) is 0 Å². The number of nitrogens with one attached hydrogen (secondary N) is 1. The molecule has 21 heavy (non-hydrogen) atoms. The van der Waals surface area contributed by atoms with E-state index < -0.39 is 0 Å². The molecule has 2 atom stereocenters. The fourth-order valence-corrected chi connectivity index (χ4v) is 2.99. The number of aromatic nitrogens is 1. The number of nitrogens with zero attached hydrogens (tertiary/aromatic N) is 2. The zero-order valence-corrected chi connectivity index (χ0v) is 13.9. The Hall–Kier alpha value is -1.16. The second-order valence-electron chi connectivity index (χ2n) is 7.25. The molecule has 0 unspecified atom stereocenters. The van der Waals surface area contributed by atoms with E-state index in [1.807, 2.05) is 0 Å². The van der Waals surface area contributed by atoms with Crippen LogP contribution in [0.15, 0.2) is 12.3 Å². The first-order valence-corrected chi connectivity index (χ1v) is 7.96. The summed E-state index contributed by atoms with van der Waals surface area (Å²) < 4.78 is 14.8. The smallest absolute Gasteiger partial charge is 0.170 e. The molecule has 0 amide bonds. The summed E-state index contributed by atoms with van der Waals surface area (Å²) in [5, 5.41) is 3.35. The molecule has 1 aromatic heterocycles. The minimum Gasteiger partial charge on any atom is -0.349 e. The Morgan fingerprint density at radius 3 is 2.48 bits per heavy atom. The highest BCUT2D eigenvalue weighted by molar-refractivity contribution is 5.45. The number of piperidine rings is 1. The summed E-state index contributed by atoms with van der Waals surface area (Å²) in [6.45, 7) is 11.1. The molecule has 0 aromatic carbocycles. The quantitative estimate of drug-likeness (QED) is 0.917. The van der Waals surface area contributed by atoms with Gasteiger partial charge in [0.1, 0.15) is 0 Å². The van der Waals surface area contributed by atoms with Gasteiger partial charge < -0.3 is 10.2 Å². The monoisotopic (exact) mass is 293 g/mol. The number of halogens is 1. The minimum absolute atomic E-state index is 0.0262. The second kappa shape index (κ2) is 6.30. The Labute approximate surface area is 127 Å². The minimum atomic E-state index is -0.171. The largest absolute Gasteiger partial charge is 0.349 e. The lowest BCUT2D eigenvalue weighted by molar-refractivity contribution is 0.399. The summed E-state index contributed by atoms with van der Waals surface area (Å²) >= 11 is 0. The Morgan fingerprint density at radius 1 is 1.29 bits per heavy atom. The van der Waals surface area contributed by atoms with Crippen molar-refractivity contribution < 1.29 is 4.39 Å². The average molecular weight is 293 g/mol. The molecule has 1 saturated heterocycles. The first-order valence-electron chi connectivity index (χ1n) is 7.96. The van der Waals surface area contributed by atoms with Gasteiger partial charge in [0.15, 0.2) is 11.6 Å². The first kappa shape index (κ1) is 16.2. The van der Waals surface area contributed by atoms with E-state index in [4.69, 9.17) is 0 Å². The molecule has 3 nitrogen and oxygen atoms in total. The van der Waals surface area contributed by atoms with E-state index in [9.17, 15) is 4.39 Å². The summed E-state index contributed by atoms with van der Waals surface area (Å²) in [5.74, 6) is 0.345. The number of anilines is 1. The SMILES string of the molecule is C[C@@H]1CCC[C@H](C)N1c1nccc(CNC(C)(C)C)c1F. The van der Waals surface area contributed by atoms with Crippen LogP contribution in [0, 0.1) is 5.82 Å². The summed E-state index contributed by atoms with van der Waals surface area (Å²) in [4.78, 5) is 6.48. The number of hydrogen-bond acceptors (Lipinski definition) is 3. The fourth-order valence-electron chi connectivity index (χ4n) is 2.99. The summed E-state index contributed by atoms with van der Waals surface area (Å²) in [5.41, 5.74) is 0.668. The van der Waals surface area contributed by atoms with Crippen LogP contribution in [0.25, 0.3) is 0 Å². The van der Waals surface area contributed by atoms with Gasteiger partial charge in [-0.25, -0.2) is 9.37 Å². The van der Waals surface area contributed by atoms with Gasteiger partial charge in [0.25, 0.3) is 0 Å². The van der Waals surface area contributed by atoms with Crippen molar-refractivity contribution in [3.8, 4) is 0 Å². The van der Waals surface area contributed by atoms with Gasteiger partial charge >= 0.3 is 0 Å². The van der Waals surface area contributed by atoms with Crippen LogP contribution in [-0.2, 0) is 6.54 Å². The van der Waals surface area contributed by atoms with Gasteiger partial charge in [-0.2, -0.15) is 0 Å². The van der Waals surface area contributed by atoms with Crippen molar-refractivity contribution in [3.05, 3.63) is 23.6 Å². The highest BCUT2D eigenvalue weighted by atomic mass is 19.1. The number of rotatable bonds is 3. The molecule has 4 heteroatoms. The van der Waals surface area contributed by atoms with Gasteiger partial charge in [-0.05, 0) is 59.9 Å². The second-order valence-corrected chi connectivity index (χ2v) is 7.25. The average Bonchev–Trinajstić information content (AvgIpc) is 2.38. The standard InChI is InChI=1S/C17H28FN3/c1-12-7-6-8-13(2)21(12)16-15(18)14(9-10-19-16)11-20-17(3,4)5/h9-10,12-13,20H,6-8,11H2,1-5H3/t12-,13+. The molecule has 1 aliphatic heterocycles. The van der Waals surface area contributed by atoms with Gasteiger partial charge in [0.05, 0.1) is 0 Å². The van der Waals surface area contributed by atoms with E-state index in [1.165, 1.54) is 6.42 Å². The zero-order valence-electron chi connectivity index (χ0n) is 13.9. The molecule has 0 spiro atoms. The molecule has 0 radical (unpaired) electrons. The highest BCUT2D eigenvalue weighted by Crippen LogP contribution is 2.30. The van der Waals surface area contributed by atoms with Crippen LogP contribution in [0.4, 0.5) is 10.2 Å². The first-order chi connectivity index (χ1) is 9.79. The maximum Gasteiger partial charge on any atom is 0.170 e. The van der Waals surface area contributed by atoms with Gasteiger partial charge in [-0.3, -0.25) is 0 Å². The van der Waals surface area contributed by atoms with Gasteiger partial charge in [-0.15, -0.1) is 0 Å². The van der Waals surface area contributed by atoms with Crippen molar-refractivity contribution in [3.63, 3.8) is 0 Å². The van der Waals surface area contributed by atoms with Crippen molar-refractivity contribution in [1.29, 1.82) is 0 Å². The molecule has 1 aromatic rings. The van der Waals surface area contributed by atoms with E-state index in [0.717, 1.165) is 12.8 Å². The van der Waals surface area contributed by atoms with E-state index >= 15 is 0 Å². The number of pyridine rings is 1. The predicted molar refractivity (Wildman–Crippen MR) is 86.0 cm³/mol. The third-order valence-electron chi connectivity index (χ3n) is 4.20. The molecule has 2 rings (SSSR count). The lowest BCUT2D eigenvalue weighted by Gasteiger charge is -2.40. The third kappa shape index (κ3) is 3.94. The lowest BCUT2D eigenvalue weighted by atomic mass is 9.97. The molecule has 1 aliphatic rings. The molecule has 0 bridgehead atoms. The van der Waals surface area contributed by atoms with Gasteiger partial charge in [0, 0.05) is 35.9 Å². The summed E-state index contributed by atoms with van der Waals surface area (Å²) in [6, 6.07) is 2.47. The lowest BCUT2D eigenvalue weighted by Crippen LogP contribution is -2.45. The summed E-state index contributed by atoms with van der Waals surface area (Å²) in [7, 11) is 0. The fraction of sp³-hybridized carbons (Fsp3) is 0.706. The maximum atomic E-state index is 14.8. The van der Waals surface area contributed by atoms with Crippen LogP contribution in [0.3, 0.4) is 0 Å².